The Labute approximate surface area is 151 Å². The zero-order valence-corrected chi connectivity index (χ0v) is 14.5. The summed E-state index contributed by atoms with van der Waals surface area (Å²) in [5, 5.41) is 9.40. The van der Waals surface area contributed by atoms with Crippen molar-refractivity contribution in [2.24, 2.45) is 0 Å². The molecule has 2 heterocycles. The number of anilines is 1. The smallest absolute Gasteiger partial charge is 0.219 e. The molecule has 3 rings (SSSR count). The number of benzene rings is 1. The molecule has 3 N–H and O–H groups in total. The maximum Gasteiger partial charge on any atom is 0.219 e. The fraction of sp³-hybridized carbons (Fsp3) is 0.444. The number of aromatic nitrogens is 2. The Hall–Kier alpha value is -2.16. The van der Waals surface area contributed by atoms with Crippen LogP contribution in [0.25, 0.3) is 0 Å². The molecule has 0 amide bonds. The normalized spacial score (nSPS) is 19.0. The fourth-order valence-electron chi connectivity index (χ4n) is 3.31. The van der Waals surface area contributed by atoms with Gasteiger partial charge < -0.3 is 10.8 Å². The second-order valence-corrected chi connectivity index (χ2v) is 6.57. The number of rotatable bonds is 6. The molecule has 0 spiro atoms. The van der Waals surface area contributed by atoms with Crippen LogP contribution in [0.3, 0.4) is 0 Å². The van der Waals surface area contributed by atoms with Crippen molar-refractivity contribution < 1.29 is 13.9 Å². The van der Waals surface area contributed by atoms with Crippen molar-refractivity contribution in [3.8, 4) is 0 Å². The van der Waals surface area contributed by atoms with E-state index < -0.39 is 11.6 Å². The van der Waals surface area contributed by atoms with E-state index in [0.29, 0.717) is 19.5 Å². The number of nitrogens with two attached hydrogens (primary N) is 1. The van der Waals surface area contributed by atoms with Gasteiger partial charge in [0, 0.05) is 63.3 Å². The predicted molar refractivity (Wildman–Crippen MR) is 94.0 cm³/mol. The molecule has 1 aliphatic rings. The maximum atomic E-state index is 13.4. The van der Waals surface area contributed by atoms with Crippen molar-refractivity contribution in [3.05, 3.63) is 53.4 Å². The molecule has 2 aromatic rings. The van der Waals surface area contributed by atoms with Crippen LogP contribution in [-0.4, -0.2) is 57.2 Å². The third-order valence-electron chi connectivity index (χ3n) is 4.65. The molecule has 0 saturated carbocycles. The van der Waals surface area contributed by atoms with E-state index in [9.17, 15) is 13.9 Å². The van der Waals surface area contributed by atoms with Crippen molar-refractivity contribution >= 4 is 5.95 Å². The second kappa shape index (κ2) is 8.48. The van der Waals surface area contributed by atoms with E-state index in [1.807, 2.05) is 0 Å². The van der Waals surface area contributed by atoms with Crippen LogP contribution >= 0.6 is 0 Å². The highest BCUT2D eigenvalue weighted by Crippen LogP contribution is 2.19. The highest BCUT2D eigenvalue weighted by Gasteiger charge is 2.27. The minimum absolute atomic E-state index is 0.0811. The first-order valence-electron chi connectivity index (χ1n) is 8.62. The van der Waals surface area contributed by atoms with Gasteiger partial charge in [-0.2, -0.15) is 0 Å². The van der Waals surface area contributed by atoms with E-state index in [2.05, 4.69) is 19.8 Å². The SMILES string of the molecule is Nc1ncc(CN2CCN(Cc3ccc(F)c(F)c3)[C@@H](CCO)C2)cn1. The first kappa shape index (κ1) is 18.6. The van der Waals surface area contributed by atoms with Crippen molar-refractivity contribution in [1.82, 2.24) is 19.8 Å². The number of nitrogen functional groups attached to an aromatic ring is 1. The van der Waals surface area contributed by atoms with Crippen molar-refractivity contribution in [3.63, 3.8) is 0 Å². The van der Waals surface area contributed by atoms with Crippen molar-refractivity contribution in [2.45, 2.75) is 25.6 Å². The van der Waals surface area contributed by atoms with Crippen LogP contribution in [-0.2, 0) is 13.1 Å². The molecule has 1 aromatic heterocycles. The Morgan fingerprint density at radius 1 is 1.08 bits per heavy atom. The van der Waals surface area contributed by atoms with Crippen LogP contribution in [0.2, 0.25) is 0 Å². The van der Waals surface area contributed by atoms with Crippen LogP contribution in [0, 0.1) is 11.6 Å². The molecule has 1 atom stereocenters. The molecule has 6 nitrogen and oxygen atoms in total. The van der Waals surface area contributed by atoms with Crippen molar-refractivity contribution in [2.75, 3.05) is 32.0 Å². The number of halogens is 2. The van der Waals surface area contributed by atoms with Gasteiger partial charge >= 0.3 is 0 Å². The zero-order valence-electron chi connectivity index (χ0n) is 14.5. The van der Waals surface area contributed by atoms with Gasteiger partial charge in [-0.05, 0) is 24.1 Å². The highest BCUT2D eigenvalue weighted by atomic mass is 19.2. The average Bonchev–Trinajstić information content (AvgIpc) is 2.62. The lowest BCUT2D eigenvalue weighted by Crippen LogP contribution is -2.52. The van der Waals surface area contributed by atoms with E-state index in [0.717, 1.165) is 36.8 Å². The number of aliphatic hydroxyl groups is 1. The highest BCUT2D eigenvalue weighted by molar-refractivity contribution is 5.18. The molecule has 8 heteroatoms. The summed E-state index contributed by atoms with van der Waals surface area (Å²) in [5.41, 5.74) is 7.22. The summed E-state index contributed by atoms with van der Waals surface area (Å²) in [7, 11) is 0. The van der Waals surface area contributed by atoms with Gasteiger partial charge in [0.15, 0.2) is 11.6 Å². The molecule has 1 saturated heterocycles. The van der Waals surface area contributed by atoms with Gasteiger partial charge in [-0.15, -0.1) is 0 Å². The van der Waals surface area contributed by atoms with Gasteiger partial charge in [0.1, 0.15) is 0 Å². The van der Waals surface area contributed by atoms with Crippen LogP contribution in [0.1, 0.15) is 17.5 Å². The Bertz CT molecular complexity index is 728. The molecule has 1 aliphatic heterocycles. The number of hydrogen-bond donors (Lipinski definition) is 2. The molecule has 0 radical (unpaired) electrons. The van der Waals surface area contributed by atoms with Crippen LogP contribution < -0.4 is 5.73 Å². The van der Waals surface area contributed by atoms with E-state index in [1.54, 1.807) is 18.5 Å². The molecule has 26 heavy (non-hydrogen) atoms. The predicted octanol–water partition coefficient (Wildman–Crippen LogP) is 1.41. The van der Waals surface area contributed by atoms with Gasteiger partial charge in [-0.25, -0.2) is 18.7 Å². The second-order valence-electron chi connectivity index (χ2n) is 6.57. The topological polar surface area (TPSA) is 78.5 Å². The fourth-order valence-corrected chi connectivity index (χ4v) is 3.31. The largest absolute Gasteiger partial charge is 0.396 e. The number of hydrogen-bond acceptors (Lipinski definition) is 6. The summed E-state index contributed by atoms with van der Waals surface area (Å²) < 4.78 is 26.6. The third-order valence-corrected chi connectivity index (χ3v) is 4.65. The monoisotopic (exact) mass is 363 g/mol. The Morgan fingerprint density at radius 2 is 1.85 bits per heavy atom. The lowest BCUT2D eigenvalue weighted by Gasteiger charge is -2.41. The summed E-state index contributed by atoms with van der Waals surface area (Å²) in [5.74, 6) is -1.41. The average molecular weight is 363 g/mol. The van der Waals surface area contributed by atoms with Gasteiger partial charge in [-0.1, -0.05) is 6.07 Å². The maximum absolute atomic E-state index is 13.4. The summed E-state index contributed by atoms with van der Waals surface area (Å²) in [4.78, 5) is 12.5. The summed E-state index contributed by atoms with van der Waals surface area (Å²) in [6.45, 7) is 3.70. The quantitative estimate of drug-likeness (QED) is 0.808. The summed E-state index contributed by atoms with van der Waals surface area (Å²) in [6, 6.07) is 4.13. The Morgan fingerprint density at radius 3 is 2.54 bits per heavy atom. The van der Waals surface area contributed by atoms with E-state index in [4.69, 9.17) is 5.73 Å². The minimum atomic E-state index is -0.837. The van der Waals surface area contributed by atoms with Gasteiger partial charge in [0.05, 0.1) is 0 Å². The van der Waals surface area contributed by atoms with Gasteiger partial charge in [-0.3, -0.25) is 9.80 Å². The summed E-state index contributed by atoms with van der Waals surface area (Å²) in [6.07, 6.45) is 4.06. The number of nitrogens with zero attached hydrogens (tertiary/aromatic N) is 4. The minimum Gasteiger partial charge on any atom is -0.396 e. The zero-order chi connectivity index (χ0) is 18.5. The molecular formula is C18H23F2N5O. The molecule has 1 aromatic carbocycles. The standard InChI is InChI=1S/C18H23F2N5O/c19-16-2-1-13(7-17(16)20)11-25-5-4-24(12-15(25)3-6-26)10-14-8-22-18(21)23-9-14/h1-2,7-9,15,26H,3-6,10-12H2,(H2,21,22,23)/t15-/m0/s1. The molecule has 0 aliphatic carbocycles. The number of aliphatic hydroxyl groups excluding tert-OH is 1. The van der Waals surface area contributed by atoms with E-state index in [-0.39, 0.29) is 18.6 Å². The Kier molecular flexibility index (Phi) is 6.08. The van der Waals surface area contributed by atoms with Crippen LogP contribution in [0.15, 0.2) is 30.6 Å². The van der Waals surface area contributed by atoms with E-state index >= 15 is 0 Å². The molecule has 0 unspecified atom stereocenters. The Balaban J connectivity index is 1.63. The van der Waals surface area contributed by atoms with Crippen LogP contribution in [0.4, 0.5) is 14.7 Å². The molecule has 1 fully saturated rings. The van der Waals surface area contributed by atoms with Gasteiger partial charge in [0.25, 0.3) is 0 Å². The van der Waals surface area contributed by atoms with E-state index in [1.165, 1.54) is 6.07 Å². The van der Waals surface area contributed by atoms with Crippen molar-refractivity contribution in [1.29, 1.82) is 0 Å². The molecule has 140 valence electrons. The molecular weight excluding hydrogens is 340 g/mol. The first-order chi connectivity index (χ1) is 12.5. The lowest BCUT2D eigenvalue weighted by atomic mass is 10.1. The molecule has 0 bridgehead atoms. The van der Waals surface area contributed by atoms with Crippen LogP contribution in [0.5, 0.6) is 0 Å². The third kappa shape index (κ3) is 4.72. The first-order valence-corrected chi connectivity index (χ1v) is 8.62. The van der Waals surface area contributed by atoms with Gasteiger partial charge in [0.2, 0.25) is 5.95 Å². The number of piperazine rings is 1. The lowest BCUT2D eigenvalue weighted by molar-refractivity contribution is 0.0498. The summed E-state index contributed by atoms with van der Waals surface area (Å²) >= 11 is 0.